The van der Waals surface area contributed by atoms with Gasteiger partial charge in [0, 0.05) is 30.8 Å². The van der Waals surface area contributed by atoms with E-state index in [0.717, 1.165) is 26.6 Å². The van der Waals surface area contributed by atoms with Crippen LogP contribution in [0.15, 0.2) is 43.1 Å². The van der Waals surface area contributed by atoms with Crippen molar-refractivity contribution in [1.29, 1.82) is 0 Å². The maximum Gasteiger partial charge on any atom is 0.323 e. The number of aryl methyl sites for hydroxylation is 1. The van der Waals surface area contributed by atoms with Gasteiger partial charge in [-0.1, -0.05) is 22.9 Å². The average Bonchev–Trinajstić information content (AvgIpc) is 3.36. The number of aromatic nitrogens is 4. The number of rotatable bonds is 5. The second-order valence-corrected chi connectivity index (χ2v) is 8.15. The number of imidazole rings is 1. The molecule has 8 nitrogen and oxygen atoms in total. The Bertz CT molecular complexity index is 1210. The fourth-order valence-corrected chi connectivity index (χ4v) is 4.16. The van der Waals surface area contributed by atoms with E-state index in [1.807, 2.05) is 19.9 Å². The number of carbonyl (C=O) groups is 1. The van der Waals surface area contributed by atoms with Crippen LogP contribution in [0, 0.1) is 6.92 Å². The number of ether oxygens (including phenoxy) is 1. The van der Waals surface area contributed by atoms with Gasteiger partial charge in [0.25, 0.3) is 0 Å². The van der Waals surface area contributed by atoms with E-state index in [2.05, 4.69) is 25.6 Å². The molecule has 0 radical (unpaired) electrons. The normalized spacial score (nSPS) is 12.1. The number of nitrogens with one attached hydrogen (secondary N) is 2. The minimum absolute atomic E-state index is 0.267. The van der Waals surface area contributed by atoms with Gasteiger partial charge in [-0.25, -0.2) is 19.7 Å². The van der Waals surface area contributed by atoms with Gasteiger partial charge >= 0.3 is 6.03 Å². The molecule has 2 amide bonds. The van der Waals surface area contributed by atoms with Crippen molar-refractivity contribution in [2.75, 3.05) is 17.7 Å². The van der Waals surface area contributed by atoms with E-state index in [1.165, 1.54) is 11.3 Å². The standard InChI is InChI=1S/C20H19ClN6O2S/c1-11(29-3)17-15(9-23-19-18(17)24-12(2)30-19)26-20(28)25-13-4-5-16(14(21)8-13)27-7-6-22-10-27/h4-11H,1-3H3,(H2,25,26,28)/t11-/m0/s1. The molecule has 30 heavy (non-hydrogen) atoms. The van der Waals surface area contributed by atoms with Gasteiger partial charge in [-0.3, -0.25) is 0 Å². The van der Waals surface area contributed by atoms with Gasteiger partial charge in [0.2, 0.25) is 0 Å². The number of urea groups is 1. The summed E-state index contributed by atoms with van der Waals surface area (Å²) < 4.78 is 7.29. The zero-order valence-electron chi connectivity index (χ0n) is 16.5. The summed E-state index contributed by atoms with van der Waals surface area (Å²) in [6.07, 6.45) is 6.48. The lowest BCUT2D eigenvalue weighted by molar-refractivity contribution is 0.121. The zero-order chi connectivity index (χ0) is 21.3. The fraction of sp³-hybridized carbons (Fsp3) is 0.200. The number of benzene rings is 1. The van der Waals surface area contributed by atoms with Gasteiger partial charge in [0.15, 0.2) is 0 Å². The van der Waals surface area contributed by atoms with Gasteiger partial charge < -0.3 is 19.9 Å². The summed E-state index contributed by atoms with van der Waals surface area (Å²) in [7, 11) is 1.61. The first kappa shape index (κ1) is 20.3. The van der Waals surface area contributed by atoms with Gasteiger partial charge in [-0.05, 0) is 32.0 Å². The molecule has 3 aromatic heterocycles. The molecular weight excluding hydrogens is 424 g/mol. The third-order valence-corrected chi connectivity index (χ3v) is 5.75. The number of anilines is 2. The Labute approximate surface area is 181 Å². The van der Waals surface area contributed by atoms with Gasteiger partial charge in [-0.15, -0.1) is 0 Å². The predicted octanol–water partition coefficient (Wildman–Crippen LogP) is 5.19. The van der Waals surface area contributed by atoms with Crippen molar-refractivity contribution in [1.82, 2.24) is 19.5 Å². The largest absolute Gasteiger partial charge is 0.377 e. The van der Waals surface area contributed by atoms with Crippen molar-refractivity contribution < 1.29 is 9.53 Å². The molecule has 1 aromatic carbocycles. The van der Waals surface area contributed by atoms with E-state index in [4.69, 9.17) is 16.3 Å². The van der Waals surface area contributed by atoms with Gasteiger partial charge in [0.05, 0.1) is 40.0 Å². The van der Waals surface area contributed by atoms with E-state index >= 15 is 0 Å². The molecule has 0 saturated heterocycles. The Kier molecular flexibility index (Phi) is 5.67. The summed E-state index contributed by atoms with van der Waals surface area (Å²) in [5.41, 5.74) is 3.39. The van der Waals surface area contributed by atoms with Crippen molar-refractivity contribution in [3.8, 4) is 5.69 Å². The summed E-state index contributed by atoms with van der Waals surface area (Å²) in [6.45, 7) is 3.83. The van der Waals surface area contributed by atoms with E-state index in [-0.39, 0.29) is 6.10 Å². The quantitative estimate of drug-likeness (QED) is 0.443. The highest BCUT2D eigenvalue weighted by atomic mass is 35.5. The Morgan fingerprint density at radius 1 is 1.33 bits per heavy atom. The van der Waals surface area contributed by atoms with Gasteiger partial charge in [0.1, 0.15) is 10.3 Å². The monoisotopic (exact) mass is 442 g/mol. The predicted molar refractivity (Wildman–Crippen MR) is 119 cm³/mol. The van der Waals surface area contributed by atoms with Crippen molar-refractivity contribution >= 4 is 50.7 Å². The number of hydrogen-bond donors (Lipinski definition) is 2. The Morgan fingerprint density at radius 3 is 2.87 bits per heavy atom. The van der Waals surface area contributed by atoms with Crippen LogP contribution in [0.25, 0.3) is 16.0 Å². The number of methoxy groups -OCH3 is 1. The van der Waals surface area contributed by atoms with E-state index in [1.54, 1.807) is 48.7 Å². The third-order valence-electron chi connectivity index (χ3n) is 4.57. The number of nitrogens with zero attached hydrogens (tertiary/aromatic N) is 4. The lowest BCUT2D eigenvalue weighted by atomic mass is 10.1. The summed E-state index contributed by atoms with van der Waals surface area (Å²) >= 11 is 7.86. The molecule has 154 valence electrons. The van der Waals surface area contributed by atoms with Gasteiger partial charge in [-0.2, -0.15) is 0 Å². The highest BCUT2D eigenvalue weighted by molar-refractivity contribution is 7.18. The molecule has 10 heteroatoms. The van der Waals surface area contributed by atoms with Crippen molar-refractivity contribution in [3.05, 3.63) is 58.7 Å². The zero-order valence-corrected chi connectivity index (χ0v) is 18.1. The molecule has 0 unspecified atom stereocenters. The van der Waals surface area contributed by atoms with Crippen LogP contribution in [-0.4, -0.2) is 32.7 Å². The average molecular weight is 443 g/mol. The third kappa shape index (κ3) is 4.00. The number of halogens is 1. The number of fused-ring (bicyclic) bond motifs is 1. The maximum absolute atomic E-state index is 12.6. The lowest BCUT2D eigenvalue weighted by Crippen LogP contribution is -2.21. The molecule has 4 aromatic rings. The van der Waals surface area contributed by atoms with Crippen molar-refractivity contribution in [3.63, 3.8) is 0 Å². The van der Waals surface area contributed by atoms with Crippen LogP contribution < -0.4 is 10.6 Å². The summed E-state index contributed by atoms with van der Waals surface area (Å²) in [6, 6.07) is 4.84. The first-order chi connectivity index (χ1) is 14.5. The number of hydrogen-bond acceptors (Lipinski definition) is 6. The first-order valence-corrected chi connectivity index (χ1v) is 10.3. The number of amides is 2. The Morgan fingerprint density at radius 2 is 2.17 bits per heavy atom. The lowest BCUT2D eigenvalue weighted by Gasteiger charge is -2.16. The van der Waals surface area contributed by atoms with Crippen molar-refractivity contribution in [2.24, 2.45) is 0 Å². The molecule has 0 aliphatic rings. The molecule has 0 spiro atoms. The van der Waals surface area contributed by atoms with Crippen LogP contribution in [-0.2, 0) is 4.74 Å². The Balaban J connectivity index is 1.57. The highest BCUT2D eigenvalue weighted by Crippen LogP contribution is 2.34. The van der Waals surface area contributed by atoms with Crippen molar-refractivity contribution in [2.45, 2.75) is 20.0 Å². The molecule has 0 aliphatic carbocycles. The molecule has 1 atom stereocenters. The van der Waals surface area contributed by atoms with E-state index in [9.17, 15) is 4.79 Å². The minimum atomic E-state index is -0.417. The van der Waals surface area contributed by atoms with E-state index in [0.29, 0.717) is 16.4 Å². The molecule has 0 aliphatic heterocycles. The SMILES string of the molecule is CO[C@@H](C)c1c(NC(=O)Nc2ccc(-n3ccnc3)c(Cl)c2)cnc2sc(C)nc12. The topological polar surface area (TPSA) is 94.0 Å². The van der Waals surface area contributed by atoms with Crippen LogP contribution in [0.3, 0.4) is 0 Å². The molecular formula is C20H19ClN6O2S. The molecule has 0 saturated carbocycles. The summed E-state index contributed by atoms with van der Waals surface area (Å²) in [5.74, 6) is 0. The molecule has 4 rings (SSSR count). The van der Waals surface area contributed by atoms with Crippen LogP contribution in [0.1, 0.15) is 23.6 Å². The second-order valence-electron chi connectivity index (χ2n) is 6.57. The van der Waals surface area contributed by atoms with Crippen LogP contribution in [0.4, 0.5) is 16.2 Å². The van der Waals surface area contributed by atoms with Crippen LogP contribution in [0.5, 0.6) is 0 Å². The van der Waals surface area contributed by atoms with E-state index < -0.39 is 6.03 Å². The number of thiazole rings is 1. The molecule has 2 N–H and O–H groups in total. The number of pyridine rings is 1. The minimum Gasteiger partial charge on any atom is -0.377 e. The summed E-state index contributed by atoms with van der Waals surface area (Å²) in [4.78, 5) is 26.4. The fourth-order valence-electron chi connectivity index (χ4n) is 3.11. The maximum atomic E-state index is 12.6. The summed E-state index contributed by atoms with van der Waals surface area (Å²) in [5, 5.41) is 7.03. The smallest absolute Gasteiger partial charge is 0.323 e. The molecule has 0 bridgehead atoms. The Hall–Kier alpha value is -3.01. The highest BCUT2D eigenvalue weighted by Gasteiger charge is 2.20. The number of carbonyl (C=O) groups excluding carboxylic acids is 1. The molecule has 0 fully saturated rings. The van der Waals surface area contributed by atoms with Crippen LogP contribution >= 0.6 is 22.9 Å². The molecule has 3 heterocycles. The first-order valence-electron chi connectivity index (χ1n) is 9.11. The van der Waals surface area contributed by atoms with Crippen LogP contribution in [0.2, 0.25) is 5.02 Å². The second kappa shape index (κ2) is 8.39.